The smallest absolute Gasteiger partial charge is 0.225 e. The van der Waals surface area contributed by atoms with Gasteiger partial charge in [-0.25, -0.2) is 0 Å². The summed E-state index contributed by atoms with van der Waals surface area (Å²) in [5.41, 5.74) is -0.862. The highest BCUT2D eigenvalue weighted by atomic mass is 16.3. The summed E-state index contributed by atoms with van der Waals surface area (Å²) >= 11 is 0. The number of rotatable bonds is 6. The zero-order chi connectivity index (χ0) is 15.3. The van der Waals surface area contributed by atoms with Crippen LogP contribution in [0.4, 0.5) is 0 Å². The van der Waals surface area contributed by atoms with Crippen LogP contribution in [0, 0.1) is 11.8 Å². The first-order chi connectivity index (χ1) is 9.21. The van der Waals surface area contributed by atoms with Gasteiger partial charge in [0.2, 0.25) is 11.8 Å². The van der Waals surface area contributed by atoms with Crippen molar-refractivity contribution in [1.29, 1.82) is 0 Å². The lowest BCUT2D eigenvalue weighted by Gasteiger charge is -2.25. The number of nitrogens with zero attached hydrogens (tertiary/aromatic N) is 1. The van der Waals surface area contributed by atoms with E-state index in [0.29, 0.717) is 31.8 Å². The molecule has 2 amide bonds. The molecule has 0 aromatic heterocycles. The van der Waals surface area contributed by atoms with E-state index in [4.69, 9.17) is 0 Å². The van der Waals surface area contributed by atoms with Crippen molar-refractivity contribution in [2.45, 2.75) is 52.6 Å². The summed E-state index contributed by atoms with van der Waals surface area (Å²) in [5, 5.41) is 13.0. The van der Waals surface area contributed by atoms with Crippen molar-refractivity contribution in [3.63, 3.8) is 0 Å². The number of carbonyl (C=O) groups is 2. The van der Waals surface area contributed by atoms with Gasteiger partial charge in [-0.3, -0.25) is 9.59 Å². The summed E-state index contributed by atoms with van der Waals surface area (Å²) in [6.45, 7) is 8.93. The lowest BCUT2D eigenvalue weighted by atomic mass is 9.95. The lowest BCUT2D eigenvalue weighted by Crippen LogP contribution is -2.43. The highest BCUT2D eigenvalue weighted by molar-refractivity contribution is 5.81. The normalized spacial score (nSPS) is 21.9. The third kappa shape index (κ3) is 5.49. The van der Waals surface area contributed by atoms with E-state index in [-0.39, 0.29) is 24.3 Å². The summed E-state index contributed by atoms with van der Waals surface area (Å²) in [7, 11) is 0. The number of hydrogen-bond acceptors (Lipinski definition) is 3. The minimum absolute atomic E-state index is 0.0178. The van der Waals surface area contributed by atoms with Crippen LogP contribution in [-0.4, -0.2) is 47.1 Å². The zero-order valence-electron chi connectivity index (χ0n) is 13.1. The maximum absolute atomic E-state index is 12.0. The van der Waals surface area contributed by atoms with E-state index in [0.717, 1.165) is 6.42 Å². The second-order valence-electron chi connectivity index (χ2n) is 6.60. The summed E-state index contributed by atoms with van der Waals surface area (Å²) in [5.74, 6) is 0.360. The molecule has 116 valence electrons. The molecule has 1 aliphatic rings. The van der Waals surface area contributed by atoms with E-state index >= 15 is 0 Å². The zero-order valence-corrected chi connectivity index (χ0v) is 13.1. The summed E-state index contributed by atoms with van der Waals surface area (Å²) in [4.78, 5) is 25.0. The van der Waals surface area contributed by atoms with Crippen LogP contribution >= 0.6 is 0 Å². The standard InChI is InChI=1S/C15H28N2O3/c1-11(2)5-7-15(4,20)10-16-14(19)13-6-8-17(9-13)12(3)18/h11,13,20H,5-10H2,1-4H3,(H,16,19). The Balaban J connectivity index is 2.34. The fourth-order valence-electron chi connectivity index (χ4n) is 2.37. The minimum atomic E-state index is -0.862. The Morgan fingerprint density at radius 3 is 2.60 bits per heavy atom. The predicted molar refractivity (Wildman–Crippen MR) is 78.1 cm³/mol. The van der Waals surface area contributed by atoms with E-state index in [1.165, 1.54) is 6.92 Å². The molecule has 2 unspecified atom stereocenters. The average molecular weight is 284 g/mol. The van der Waals surface area contributed by atoms with Crippen LogP contribution in [0.2, 0.25) is 0 Å². The van der Waals surface area contributed by atoms with E-state index < -0.39 is 5.60 Å². The van der Waals surface area contributed by atoms with Crippen LogP contribution in [0.25, 0.3) is 0 Å². The Labute approximate surface area is 121 Å². The molecule has 0 saturated carbocycles. The van der Waals surface area contributed by atoms with Crippen molar-refractivity contribution in [3.8, 4) is 0 Å². The Hall–Kier alpha value is -1.10. The van der Waals surface area contributed by atoms with Crippen LogP contribution in [0.3, 0.4) is 0 Å². The van der Waals surface area contributed by atoms with Crippen molar-refractivity contribution in [1.82, 2.24) is 10.2 Å². The van der Waals surface area contributed by atoms with Gasteiger partial charge in [-0.2, -0.15) is 0 Å². The SMILES string of the molecule is CC(=O)N1CCC(C(=O)NCC(C)(O)CCC(C)C)C1. The van der Waals surface area contributed by atoms with Gasteiger partial charge >= 0.3 is 0 Å². The molecule has 1 rings (SSSR count). The van der Waals surface area contributed by atoms with Crippen molar-refractivity contribution < 1.29 is 14.7 Å². The van der Waals surface area contributed by atoms with Crippen LogP contribution in [-0.2, 0) is 9.59 Å². The molecular weight excluding hydrogens is 256 g/mol. The molecule has 0 aliphatic carbocycles. The highest BCUT2D eigenvalue weighted by Crippen LogP contribution is 2.18. The first-order valence-corrected chi connectivity index (χ1v) is 7.47. The molecule has 1 fully saturated rings. The third-order valence-corrected chi connectivity index (χ3v) is 3.91. The average Bonchev–Trinajstić information content (AvgIpc) is 2.83. The molecule has 0 aromatic rings. The monoisotopic (exact) mass is 284 g/mol. The molecule has 2 atom stereocenters. The van der Waals surface area contributed by atoms with Gasteiger partial charge in [0.15, 0.2) is 0 Å². The number of nitrogens with one attached hydrogen (secondary N) is 1. The van der Waals surface area contributed by atoms with Gasteiger partial charge in [-0.05, 0) is 32.1 Å². The third-order valence-electron chi connectivity index (χ3n) is 3.91. The van der Waals surface area contributed by atoms with Crippen LogP contribution in [0.15, 0.2) is 0 Å². The van der Waals surface area contributed by atoms with Gasteiger partial charge in [0, 0.05) is 26.6 Å². The van der Waals surface area contributed by atoms with Gasteiger partial charge < -0.3 is 15.3 Å². The molecule has 1 heterocycles. The van der Waals surface area contributed by atoms with Crippen LogP contribution < -0.4 is 5.32 Å². The summed E-state index contributed by atoms with van der Waals surface area (Å²) in [6, 6.07) is 0. The van der Waals surface area contributed by atoms with Crippen molar-refractivity contribution in [3.05, 3.63) is 0 Å². The molecule has 20 heavy (non-hydrogen) atoms. The molecule has 1 saturated heterocycles. The number of carbonyl (C=O) groups excluding carboxylic acids is 2. The second-order valence-corrected chi connectivity index (χ2v) is 6.60. The molecule has 2 N–H and O–H groups in total. The first kappa shape index (κ1) is 17.0. The van der Waals surface area contributed by atoms with Crippen molar-refractivity contribution in [2.24, 2.45) is 11.8 Å². The van der Waals surface area contributed by atoms with Gasteiger partial charge in [-0.1, -0.05) is 13.8 Å². The Morgan fingerprint density at radius 1 is 1.45 bits per heavy atom. The van der Waals surface area contributed by atoms with E-state index in [9.17, 15) is 14.7 Å². The first-order valence-electron chi connectivity index (χ1n) is 7.47. The molecule has 0 radical (unpaired) electrons. The van der Waals surface area contributed by atoms with Gasteiger partial charge in [0.25, 0.3) is 0 Å². The van der Waals surface area contributed by atoms with Gasteiger partial charge in [-0.15, -0.1) is 0 Å². The molecule has 5 nitrogen and oxygen atoms in total. The molecule has 0 spiro atoms. The summed E-state index contributed by atoms with van der Waals surface area (Å²) in [6.07, 6.45) is 2.32. The Kier molecular flexibility index (Phi) is 5.99. The highest BCUT2D eigenvalue weighted by Gasteiger charge is 2.30. The predicted octanol–water partition coefficient (Wildman–Crippen LogP) is 1.16. The van der Waals surface area contributed by atoms with Gasteiger partial charge in [0.05, 0.1) is 11.5 Å². The lowest BCUT2D eigenvalue weighted by molar-refractivity contribution is -0.129. The molecule has 0 bridgehead atoms. The maximum atomic E-state index is 12.0. The van der Waals surface area contributed by atoms with Crippen LogP contribution in [0.5, 0.6) is 0 Å². The van der Waals surface area contributed by atoms with Crippen molar-refractivity contribution >= 4 is 11.8 Å². The van der Waals surface area contributed by atoms with Gasteiger partial charge in [0.1, 0.15) is 0 Å². The summed E-state index contributed by atoms with van der Waals surface area (Å²) < 4.78 is 0. The van der Waals surface area contributed by atoms with E-state index in [2.05, 4.69) is 19.2 Å². The Bertz CT molecular complexity index is 353. The fraction of sp³-hybridized carbons (Fsp3) is 0.867. The minimum Gasteiger partial charge on any atom is -0.388 e. The van der Waals surface area contributed by atoms with Crippen molar-refractivity contribution in [2.75, 3.05) is 19.6 Å². The second kappa shape index (κ2) is 7.07. The van der Waals surface area contributed by atoms with E-state index in [1.807, 2.05) is 0 Å². The molecule has 1 aliphatic heterocycles. The molecular formula is C15H28N2O3. The molecule has 0 aromatic carbocycles. The van der Waals surface area contributed by atoms with Crippen LogP contribution in [0.1, 0.15) is 47.0 Å². The fourth-order valence-corrected chi connectivity index (χ4v) is 2.37. The topological polar surface area (TPSA) is 69.6 Å². The maximum Gasteiger partial charge on any atom is 0.225 e. The van der Waals surface area contributed by atoms with E-state index in [1.54, 1.807) is 11.8 Å². The molecule has 5 heteroatoms. The Morgan fingerprint density at radius 2 is 2.10 bits per heavy atom. The number of amides is 2. The number of hydrogen-bond donors (Lipinski definition) is 2. The number of likely N-dealkylation sites (tertiary alicyclic amines) is 1. The number of aliphatic hydroxyl groups is 1. The quantitative estimate of drug-likeness (QED) is 0.769. The largest absolute Gasteiger partial charge is 0.388 e.